The van der Waals surface area contributed by atoms with E-state index in [1.807, 2.05) is 19.9 Å². The van der Waals surface area contributed by atoms with Gasteiger partial charge in [0.2, 0.25) is 5.91 Å². The van der Waals surface area contributed by atoms with Gasteiger partial charge in [-0.2, -0.15) is 0 Å². The fourth-order valence-electron chi connectivity index (χ4n) is 2.80. The summed E-state index contributed by atoms with van der Waals surface area (Å²) in [5.41, 5.74) is 7.17. The maximum Gasteiger partial charge on any atom is 0.237 e. The van der Waals surface area contributed by atoms with Crippen molar-refractivity contribution in [1.29, 1.82) is 0 Å². The lowest BCUT2D eigenvalue weighted by Gasteiger charge is -2.29. The quantitative estimate of drug-likeness (QED) is 0.841. The average Bonchev–Trinajstić information content (AvgIpc) is 3.01. The Balaban J connectivity index is 2.01. The van der Waals surface area contributed by atoms with Gasteiger partial charge >= 0.3 is 0 Å². The molecule has 2 atom stereocenters. The van der Waals surface area contributed by atoms with Gasteiger partial charge in [0.15, 0.2) is 0 Å². The number of nitrogens with zero attached hydrogens (tertiary/aromatic N) is 1. The summed E-state index contributed by atoms with van der Waals surface area (Å²) in [6.45, 7) is 6.78. The van der Waals surface area contributed by atoms with Gasteiger partial charge in [-0.15, -0.1) is 0 Å². The summed E-state index contributed by atoms with van der Waals surface area (Å²) >= 11 is 0. The van der Waals surface area contributed by atoms with Gasteiger partial charge < -0.3 is 11.1 Å². The molecule has 4 nitrogen and oxygen atoms in total. The summed E-state index contributed by atoms with van der Waals surface area (Å²) in [5, 5.41) is 3.03. The van der Waals surface area contributed by atoms with Gasteiger partial charge in [0.25, 0.3) is 0 Å². The van der Waals surface area contributed by atoms with Crippen LogP contribution in [0.3, 0.4) is 0 Å². The molecule has 0 saturated carbocycles. The molecule has 4 heteroatoms. The van der Waals surface area contributed by atoms with E-state index in [1.54, 1.807) is 0 Å². The normalized spacial score (nSPS) is 18.7. The standard InChI is InChI=1S/C17H27N3O/c1-13(2)16(18)17(21)19-12-15(20-10-6-7-11-20)14-8-4-3-5-9-14/h3-5,8-9,13,15-16H,6-7,10-12,18H2,1-2H3,(H,19,21). The molecule has 0 aromatic heterocycles. The highest BCUT2D eigenvalue weighted by Crippen LogP contribution is 2.24. The van der Waals surface area contributed by atoms with E-state index < -0.39 is 6.04 Å². The van der Waals surface area contributed by atoms with E-state index in [9.17, 15) is 4.79 Å². The lowest BCUT2D eigenvalue weighted by Crippen LogP contribution is -2.46. The smallest absolute Gasteiger partial charge is 0.237 e. The summed E-state index contributed by atoms with van der Waals surface area (Å²) < 4.78 is 0. The molecule has 1 fully saturated rings. The molecule has 0 bridgehead atoms. The highest BCUT2D eigenvalue weighted by atomic mass is 16.2. The molecule has 1 amide bonds. The number of nitrogens with one attached hydrogen (secondary N) is 1. The minimum absolute atomic E-state index is 0.0508. The third-order valence-electron chi connectivity index (χ3n) is 4.26. The van der Waals surface area contributed by atoms with E-state index in [1.165, 1.54) is 18.4 Å². The van der Waals surface area contributed by atoms with Gasteiger partial charge in [0, 0.05) is 6.54 Å². The van der Waals surface area contributed by atoms with Crippen LogP contribution in [0.25, 0.3) is 0 Å². The molecule has 1 aliphatic rings. The first-order valence-corrected chi connectivity index (χ1v) is 7.92. The molecule has 2 rings (SSSR count). The number of hydrogen-bond acceptors (Lipinski definition) is 3. The molecule has 1 aromatic carbocycles. The van der Waals surface area contributed by atoms with Crippen molar-refractivity contribution in [3.8, 4) is 0 Å². The molecular formula is C17H27N3O. The number of rotatable bonds is 6. The molecule has 3 N–H and O–H groups in total. The SMILES string of the molecule is CC(C)C(N)C(=O)NCC(c1ccccc1)N1CCCC1. The van der Waals surface area contributed by atoms with Gasteiger partial charge in [-0.3, -0.25) is 9.69 Å². The zero-order valence-electron chi connectivity index (χ0n) is 13.1. The Morgan fingerprint density at radius 1 is 1.24 bits per heavy atom. The fraction of sp³-hybridized carbons (Fsp3) is 0.588. The van der Waals surface area contributed by atoms with Crippen LogP contribution < -0.4 is 11.1 Å². The Kier molecular flexibility index (Phi) is 5.76. The van der Waals surface area contributed by atoms with Crippen LogP contribution in [0.15, 0.2) is 30.3 Å². The molecule has 1 saturated heterocycles. The number of carbonyl (C=O) groups excluding carboxylic acids is 1. The Hall–Kier alpha value is -1.39. The number of amides is 1. The molecule has 0 spiro atoms. The molecule has 1 heterocycles. The van der Waals surface area contributed by atoms with Crippen molar-refractivity contribution >= 4 is 5.91 Å². The third kappa shape index (κ3) is 4.29. The molecule has 2 unspecified atom stereocenters. The maximum absolute atomic E-state index is 12.1. The predicted molar refractivity (Wildman–Crippen MR) is 85.8 cm³/mol. The lowest BCUT2D eigenvalue weighted by atomic mass is 10.0. The van der Waals surface area contributed by atoms with Gasteiger partial charge in [-0.05, 0) is 37.4 Å². The second kappa shape index (κ2) is 7.57. The number of benzene rings is 1. The van der Waals surface area contributed by atoms with Crippen LogP contribution in [0.4, 0.5) is 0 Å². The van der Waals surface area contributed by atoms with Gasteiger partial charge in [-0.25, -0.2) is 0 Å². The maximum atomic E-state index is 12.1. The van der Waals surface area contributed by atoms with Crippen LogP contribution in [0, 0.1) is 5.92 Å². The Morgan fingerprint density at radius 3 is 2.43 bits per heavy atom. The number of hydrogen-bond donors (Lipinski definition) is 2. The summed E-state index contributed by atoms with van der Waals surface area (Å²) in [5.74, 6) is 0.108. The molecule has 0 aliphatic carbocycles. The van der Waals surface area contributed by atoms with Crippen LogP contribution in [0.1, 0.15) is 38.3 Å². The van der Waals surface area contributed by atoms with Crippen LogP contribution >= 0.6 is 0 Å². The monoisotopic (exact) mass is 289 g/mol. The Morgan fingerprint density at radius 2 is 1.86 bits per heavy atom. The van der Waals surface area contributed by atoms with E-state index in [4.69, 9.17) is 5.73 Å². The van der Waals surface area contributed by atoms with Crippen LogP contribution in [-0.4, -0.2) is 36.5 Å². The largest absolute Gasteiger partial charge is 0.353 e. The van der Waals surface area contributed by atoms with Crippen molar-refractivity contribution in [3.05, 3.63) is 35.9 Å². The van der Waals surface area contributed by atoms with E-state index in [0.29, 0.717) is 6.54 Å². The van der Waals surface area contributed by atoms with Crippen molar-refractivity contribution in [2.45, 2.75) is 38.8 Å². The first-order chi connectivity index (χ1) is 10.1. The molecule has 1 aromatic rings. The minimum Gasteiger partial charge on any atom is -0.353 e. The van der Waals surface area contributed by atoms with Crippen molar-refractivity contribution in [2.24, 2.45) is 11.7 Å². The fourth-order valence-corrected chi connectivity index (χ4v) is 2.80. The Labute approximate surface area is 127 Å². The van der Waals surface area contributed by atoms with Gasteiger partial charge in [0.1, 0.15) is 0 Å². The molecule has 21 heavy (non-hydrogen) atoms. The van der Waals surface area contributed by atoms with E-state index in [2.05, 4.69) is 34.5 Å². The third-order valence-corrected chi connectivity index (χ3v) is 4.26. The van der Waals surface area contributed by atoms with E-state index in [-0.39, 0.29) is 17.9 Å². The minimum atomic E-state index is -0.431. The number of carbonyl (C=O) groups is 1. The second-order valence-corrected chi connectivity index (χ2v) is 6.18. The summed E-state index contributed by atoms with van der Waals surface area (Å²) in [4.78, 5) is 14.5. The second-order valence-electron chi connectivity index (χ2n) is 6.18. The van der Waals surface area contributed by atoms with Crippen molar-refractivity contribution in [3.63, 3.8) is 0 Å². The summed E-state index contributed by atoms with van der Waals surface area (Å²) in [6.07, 6.45) is 2.48. The Bertz CT molecular complexity index is 441. The zero-order chi connectivity index (χ0) is 15.2. The van der Waals surface area contributed by atoms with Crippen LogP contribution in [0.2, 0.25) is 0 Å². The van der Waals surface area contributed by atoms with Gasteiger partial charge in [-0.1, -0.05) is 44.2 Å². The van der Waals surface area contributed by atoms with Crippen LogP contribution in [-0.2, 0) is 4.79 Å². The molecule has 0 radical (unpaired) electrons. The van der Waals surface area contributed by atoms with Crippen molar-refractivity contribution < 1.29 is 4.79 Å². The summed E-state index contributed by atoms with van der Waals surface area (Å²) in [6, 6.07) is 10.2. The topological polar surface area (TPSA) is 58.4 Å². The number of likely N-dealkylation sites (tertiary alicyclic amines) is 1. The lowest BCUT2D eigenvalue weighted by molar-refractivity contribution is -0.123. The van der Waals surface area contributed by atoms with Gasteiger partial charge in [0.05, 0.1) is 12.1 Å². The average molecular weight is 289 g/mol. The van der Waals surface area contributed by atoms with Crippen LogP contribution in [0.5, 0.6) is 0 Å². The zero-order valence-corrected chi connectivity index (χ0v) is 13.1. The summed E-state index contributed by atoms with van der Waals surface area (Å²) in [7, 11) is 0. The van der Waals surface area contributed by atoms with Crippen molar-refractivity contribution in [2.75, 3.05) is 19.6 Å². The first kappa shape index (κ1) is 16.0. The van der Waals surface area contributed by atoms with E-state index in [0.717, 1.165) is 13.1 Å². The first-order valence-electron chi connectivity index (χ1n) is 7.92. The predicted octanol–water partition coefficient (Wildman–Crippen LogP) is 1.92. The number of nitrogens with two attached hydrogens (primary N) is 1. The van der Waals surface area contributed by atoms with Crippen molar-refractivity contribution in [1.82, 2.24) is 10.2 Å². The van der Waals surface area contributed by atoms with E-state index >= 15 is 0 Å². The molecule has 1 aliphatic heterocycles. The highest BCUT2D eigenvalue weighted by molar-refractivity contribution is 5.81. The molecular weight excluding hydrogens is 262 g/mol. The highest BCUT2D eigenvalue weighted by Gasteiger charge is 2.25. The molecule has 116 valence electrons.